The molecule has 1 unspecified atom stereocenters. The number of hydrogen-bond acceptors (Lipinski definition) is 2. The third kappa shape index (κ3) is 1.81. The molecule has 1 heterocycles. The summed E-state index contributed by atoms with van der Waals surface area (Å²) in [5, 5.41) is 11.0. The van der Waals surface area contributed by atoms with E-state index < -0.39 is 0 Å². The molecule has 1 atom stereocenters. The highest BCUT2D eigenvalue weighted by Crippen LogP contribution is 2.49. The summed E-state index contributed by atoms with van der Waals surface area (Å²) in [7, 11) is 0. The number of phenols is 1. The Bertz CT molecular complexity index is 614. The molecule has 98 valence electrons. The summed E-state index contributed by atoms with van der Waals surface area (Å²) in [6, 6.07) is 9.90. The van der Waals surface area contributed by atoms with E-state index in [2.05, 4.69) is 12.1 Å². The zero-order valence-electron chi connectivity index (χ0n) is 11.0. The zero-order chi connectivity index (χ0) is 12.8. The van der Waals surface area contributed by atoms with Gasteiger partial charge in [0.25, 0.3) is 0 Å². The van der Waals surface area contributed by atoms with Gasteiger partial charge >= 0.3 is 0 Å². The average Bonchev–Trinajstić information content (AvgIpc) is 2.48. The lowest BCUT2D eigenvalue weighted by molar-refractivity contribution is 0.142. The number of fused-ring (bicyclic) bond motifs is 4. The van der Waals surface area contributed by atoms with Gasteiger partial charge in [0.05, 0.1) is 0 Å². The summed E-state index contributed by atoms with van der Waals surface area (Å²) in [6.07, 6.45) is 6.88. The number of aromatic nitrogens is 1. The first-order valence-electron chi connectivity index (χ1n) is 7.40. The van der Waals surface area contributed by atoms with E-state index in [1.165, 1.54) is 37.8 Å². The summed E-state index contributed by atoms with van der Waals surface area (Å²) >= 11 is 0. The van der Waals surface area contributed by atoms with Crippen molar-refractivity contribution >= 4 is 10.9 Å². The fraction of sp³-hybridized carbons (Fsp3) is 0.471. The summed E-state index contributed by atoms with van der Waals surface area (Å²) in [6.45, 7) is 0. The lowest BCUT2D eigenvalue weighted by Crippen LogP contribution is -2.30. The summed E-state index contributed by atoms with van der Waals surface area (Å²) < 4.78 is 0. The maximum Gasteiger partial charge on any atom is 0.141 e. The first kappa shape index (κ1) is 11.3. The van der Waals surface area contributed by atoms with Gasteiger partial charge in [-0.3, -0.25) is 0 Å². The number of rotatable bonds is 1. The molecule has 3 aliphatic rings. The van der Waals surface area contributed by atoms with Crippen molar-refractivity contribution in [2.24, 2.45) is 11.8 Å². The van der Waals surface area contributed by atoms with Gasteiger partial charge in [-0.15, -0.1) is 0 Å². The minimum Gasteiger partial charge on any atom is -0.506 e. The Balaban J connectivity index is 1.77. The molecule has 1 N–H and O–H groups in total. The molecule has 19 heavy (non-hydrogen) atoms. The summed E-state index contributed by atoms with van der Waals surface area (Å²) in [4.78, 5) is 4.77. The van der Waals surface area contributed by atoms with E-state index in [0.717, 1.165) is 22.7 Å². The van der Waals surface area contributed by atoms with Crippen molar-refractivity contribution in [1.29, 1.82) is 0 Å². The fourth-order valence-corrected chi connectivity index (χ4v) is 4.09. The SMILES string of the molecule is Oc1cccc2ccc(C3CC4CCC3CC4)nc12. The second kappa shape index (κ2) is 4.22. The molecule has 0 amide bonds. The molecule has 2 bridgehead atoms. The topological polar surface area (TPSA) is 33.1 Å². The molecule has 3 saturated carbocycles. The van der Waals surface area contributed by atoms with E-state index in [4.69, 9.17) is 4.98 Å². The maximum absolute atomic E-state index is 9.96. The molecule has 1 aromatic heterocycles. The van der Waals surface area contributed by atoms with Crippen molar-refractivity contribution in [2.45, 2.75) is 38.0 Å². The number of pyridine rings is 1. The Morgan fingerprint density at radius 2 is 1.84 bits per heavy atom. The van der Waals surface area contributed by atoms with Crippen LogP contribution in [0.1, 0.15) is 43.7 Å². The molecule has 0 saturated heterocycles. The van der Waals surface area contributed by atoms with Crippen LogP contribution in [-0.2, 0) is 0 Å². The van der Waals surface area contributed by atoms with Crippen molar-refractivity contribution in [1.82, 2.24) is 4.98 Å². The van der Waals surface area contributed by atoms with E-state index in [1.807, 2.05) is 12.1 Å². The lowest BCUT2D eigenvalue weighted by atomic mass is 9.64. The standard InChI is InChI=1S/C17H19NO/c19-16-3-1-2-13-8-9-15(18-17(13)16)14-10-11-4-6-12(14)7-5-11/h1-3,8-9,11-12,14,19H,4-7,10H2. The molecule has 2 aromatic rings. The van der Waals surface area contributed by atoms with Crippen molar-refractivity contribution in [3.05, 3.63) is 36.0 Å². The van der Waals surface area contributed by atoms with E-state index in [0.29, 0.717) is 11.7 Å². The Morgan fingerprint density at radius 3 is 2.58 bits per heavy atom. The van der Waals surface area contributed by atoms with Gasteiger partial charge in [-0.1, -0.05) is 31.0 Å². The van der Waals surface area contributed by atoms with Crippen LogP contribution in [0.25, 0.3) is 10.9 Å². The summed E-state index contributed by atoms with van der Waals surface area (Å²) in [5.74, 6) is 2.66. The molecule has 2 nitrogen and oxygen atoms in total. The highest BCUT2D eigenvalue weighted by atomic mass is 16.3. The largest absolute Gasteiger partial charge is 0.506 e. The second-order valence-electron chi connectivity index (χ2n) is 6.21. The van der Waals surface area contributed by atoms with Crippen molar-refractivity contribution in [2.75, 3.05) is 0 Å². The van der Waals surface area contributed by atoms with Gasteiger partial charge in [0.15, 0.2) is 0 Å². The molecule has 3 fully saturated rings. The minimum atomic E-state index is 0.306. The molecule has 3 aliphatic carbocycles. The number of benzene rings is 1. The predicted molar refractivity (Wildman–Crippen MR) is 76.2 cm³/mol. The molecule has 1 aromatic carbocycles. The van der Waals surface area contributed by atoms with Crippen molar-refractivity contribution < 1.29 is 5.11 Å². The van der Waals surface area contributed by atoms with Gasteiger partial charge in [-0.05, 0) is 43.2 Å². The third-order valence-electron chi connectivity index (χ3n) is 5.15. The van der Waals surface area contributed by atoms with E-state index in [1.54, 1.807) is 6.07 Å². The van der Waals surface area contributed by atoms with Gasteiger partial charge < -0.3 is 5.11 Å². The van der Waals surface area contributed by atoms with Gasteiger partial charge in [-0.25, -0.2) is 4.98 Å². The monoisotopic (exact) mass is 253 g/mol. The van der Waals surface area contributed by atoms with Gasteiger partial charge in [-0.2, -0.15) is 0 Å². The lowest BCUT2D eigenvalue weighted by Gasteiger charge is -2.42. The number of aromatic hydroxyl groups is 1. The van der Waals surface area contributed by atoms with Crippen molar-refractivity contribution in [3.8, 4) is 5.75 Å². The van der Waals surface area contributed by atoms with Crippen LogP contribution >= 0.6 is 0 Å². The van der Waals surface area contributed by atoms with Crippen LogP contribution in [0.5, 0.6) is 5.75 Å². The number of hydrogen-bond donors (Lipinski definition) is 1. The van der Waals surface area contributed by atoms with Crippen LogP contribution in [-0.4, -0.2) is 10.1 Å². The molecule has 5 rings (SSSR count). The first-order chi connectivity index (χ1) is 9.31. The van der Waals surface area contributed by atoms with E-state index in [-0.39, 0.29) is 0 Å². The van der Waals surface area contributed by atoms with Crippen LogP contribution in [0.4, 0.5) is 0 Å². The highest BCUT2D eigenvalue weighted by molar-refractivity contribution is 5.84. The Hall–Kier alpha value is -1.57. The maximum atomic E-state index is 9.96. The zero-order valence-corrected chi connectivity index (χ0v) is 11.0. The van der Waals surface area contributed by atoms with Gasteiger partial charge in [0, 0.05) is 17.0 Å². The molecule has 0 radical (unpaired) electrons. The first-order valence-corrected chi connectivity index (χ1v) is 7.40. The Morgan fingerprint density at radius 1 is 1.00 bits per heavy atom. The average molecular weight is 253 g/mol. The number of phenolic OH excluding ortho intramolecular Hbond substituents is 1. The number of para-hydroxylation sites is 1. The van der Waals surface area contributed by atoms with Crippen LogP contribution in [0, 0.1) is 11.8 Å². The highest BCUT2D eigenvalue weighted by Gasteiger charge is 2.36. The Kier molecular flexibility index (Phi) is 2.51. The van der Waals surface area contributed by atoms with Crippen LogP contribution in [0.2, 0.25) is 0 Å². The van der Waals surface area contributed by atoms with Crippen LogP contribution < -0.4 is 0 Å². The molecule has 2 heteroatoms. The normalized spacial score (nSPS) is 29.8. The quantitative estimate of drug-likeness (QED) is 0.824. The van der Waals surface area contributed by atoms with Crippen LogP contribution in [0.15, 0.2) is 30.3 Å². The smallest absolute Gasteiger partial charge is 0.141 e. The van der Waals surface area contributed by atoms with E-state index >= 15 is 0 Å². The Labute approximate surface area is 113 Å². The van der Waals surface area contributed by atoms with Crippen LogP contribution in [0.3, 0.4) is 0 Å². The fourth-order valence-electron chi connectivity index (χ4n) is 4.09. The minimum absolute atomic E-state index is 0.306. The summed E-state index contributed by atoms with van der Waals surface area (Å²) in [5.41, 5.74) is 1.96. The molecule has 0 aliphatic heterocycles. The van der Waals surface area contributed by atoms with Crippen molar-refractivity contribution in [3.63, 3.8) is 0 Å². The molecular formula is C17H19NO. The predicted octanol–water partition coefficient (Wildman–Crippen LogP) is 4.23. The van der Waals surface area contributed by atoms with Gasteiger partial charge in [0.1, 0.15) is 11.3 Å². The molecule has 0 spiro atoms. The van der Waals surface area contributed by atoms with E-state index in [9.17, 15) is 5.11 Å². The second-order valence-corrected chi connectivity index (χ2v) is 6.21. The number of nitrogens with zero attached hydrogens (tertiary/aromatic N) is 1. The van der Waals surface area contributed by atoms with Gasteiger partial charge in [0.2, 0.25) is 0 Å². The molecular weight excluding hydrogens is 234 g/mol. The third-order valence-corrected chi connectivity index (χ3v) is 5.15.